The van der Waals surface area contributed by atoms with Crippen LogP contribution in [0.1, 0.15) is 38.5 Å². The van der Waals surface area contributed by atoms with Gasteiger partial charge in [0, 0.05) is 19.0 Å². The van der Waals surface area contributed by atoms with Gasteiger partial charge in [0.15, 0.2) is 0 Å². The Balaban J connectivity index is 2.02. The molecule has 0 spiro atoms. The Kier molecular flexibility index (Phi) is 2.07. The Labute approximate surface area is 71.7 Å². The Morgan fingerprint density at radius 1 is 1.08 bits per heavy atom. The van der Waals surface area contributed by atoms with Gasteiger partial charge in [-0.05, 0) is 19.3 Å². The summed E-state index contributed by atoms with van der Waals surface area (Å²) < 4.78 is 26.3. The van der Waals surface area contributed by atoms with E-state index in [4.69, 9.17) is 0 Å². The van der Waals surface area contributed by atoms with Gasteiger partial charge in [-0.3, -0.25) is 0 Å². The molecule has 0 amide bonds. The summed E-state index contributed by atoms with van der Waals surface area (Å²) in [5, 5.41) is 0. The van der Waals surface area contributed by atoms with Gasteiger partial charge in [-0.15, -0.1) is 0 Å². The maximum absolute atomic E-state index is 13.2. The number of hydrogen-bond acceptors (Lipinski definition) is 1. The van der Waals surface area contributed by atoms with Crippen molar-refractivity contribution in [1.82, 2.24) is 4.90 Å². The number of halogens is 2. The second kappa shape index (κ2) is 2.95. The second-order valence-corrected chi connectivity index (χ2v) is 3.69. The highest BCUT2D eigenvalue weighted by atomic mass is 19.3. The molecule has 0 aromatic carbocycles. The summed E-state index contributed by atoms with van der Waals surface area (Å²) >= 11 is 0. The van der Waals surface area contributed by atoms with E-state index in [1.807, 2.05) is 0 Å². The normalized spacial score (nSPS) is 31.5. The molecule has 0 aromatic rings. The fourth-order valence-corrected chi connectivity index (χ4v) is 2.19. The van der Waals surface area contributed by atoms with E-state index in [1.165, 1.54) is 4.90 Å². The van der Waals surface area contributed by atoms with Crippen LogP contribution in [0.5, 0.6) is 0 Å². The summed E-state index contributed by atoms with van der Waals surface area (Å²) in [7, 11) is 0. The molecule has 0 aromatic heterocycles. The molecule has 1 saturated heterocycles. The van der Waals surface area contributed by atoms with Gasteiger partial charge in [0.05, 0.1) is 0 Å². The summed E-state index contributed by atoms with van der Waals surface area (Å²) in [5.41, 5.74) is 0. The third kappa shape index (κ3) is 1.35. The Bertz CT molecular complexity index is 164. The lowest BCUT2D eigenvalue weighted by atomic mass is 10.2. The van der Waals surface area contributed by atoms with Crippen molar-refractivity contribution in [2.75, 3.05) is 6.54 Å². The molecule has 1 radical (unpaired) electrons. The zero-order valence-corrected chi connectivity index (χ0v) is 7.15. The zero-order valence-electron chi connectivity index (χ0n) is 7.15. The van der Waals surface area contributed by atoms with Crippen LogP contribution in [0.4, 0.5) is 8.78 Å². The average molecular weight is 174 g/mol. The smallest absolute Gasteiger partial charge is 0.237 e. The molecule has 69 valence electrons. The molecule has 2 rings (SSSR count). The first-order valence-corrected chi connectivity index (χ1v) is 4.70. The van der Waals surface area contributed by atoms with E-state index in [2.05, 4.69) is 0 Å². The van der Waals surface area contributed by atoms with Gasteiger partial charge in [0.1, 0.15) is 0 Å². The second-order valence-electron chi connectivity index (χ2n) is 3.69. The predicted molar refractivity (Wildman–Crippen MR) is 42.6 cm³/mol. The van der Waals surface area contributed by atoms with E-state index < -0.39 is 6.05 Å². The first-order chi connectivity index (χ1) is 5.70. The lowest BCUT2D eigenvalue weighted by molar-refractivity contribution is -0.115. The van der Waals surface area contributed by atoms with Gasteiger partial charge in [-0.25, -0.2) is 4.90 Å². The van der Waals surface area contributed by atoms with Crippen LogP contribution in [0.25, 0.3) is 0 Å². The van der Waals surface area contributed by atoms with Gasteiger partial charge in [-0.2, -0.15) is 8.78 Å². The van der Waals surface area contributed by atoms with Crippen molar-refractivity contribution in [3.05, 3.63) is 6.04 Å². The van der Waals surface area contributed by atoms with Crippen molar-refractivity contribution in [3.63, 3.8) is 0 Å². The first-order valence-electron chi connectivity index (χ1n) is 4.70. The molecule has 0 atom stereocenters. The van der Waals surface area contributed by atoms with E-state index in [1.54, 1.807) is 0 Å². The van der Waals surface area contributed by atoms with E-state index in [-0.39, 0.29) is 6.42 Å². The lowest BCUT2D eigenvalue weighted by Crippen LogP contribution is -2.37. The molecule has 3 heteroatoms. The zero-order chi connectivity index (χ0) is 8.60. The number of hydrogen-bond donors (Lipinski definition) is 0. The van der Waals surface area contributed by atoms with E-state index >= 15 is 0 Å². The van der Waals surface area contributed by atoms with Crippen molar-refractivity contribution in [3.8, 4) is 0 Å². The van der Waals surface area contributed by atoms with Gasteiger partial charge in [0.25, 0.3) is 0 Å². The van der Waals surface area contributed by atoms with Crippen molar-refractivity contribution < 1.29 is 8.78 Å². The lowest BCUT2D eigenvalue weighted by Gasteiger charge is -2.28. The quantitative estimate of drug-likeness (QED) is 0.552. The molecule has 1 aliphatic heterocycles. The van der Waals surface area contributed by atoms with Crippen LogP contribution in [0.3, 0.4) is 0 Å². The minimum atomic E-state index is -2.53. The molecule has 2 fully saturated rings. The third-order valence-electron chi connectivity index (χ3n) is 2.82. The van der Waals surface area contributed by atoms with Crippen molar-refractivity contribution >= 4 is 0 Å². The summed E-state index contributed by atoms with van der Waals surface area (Å²) in [6, 6.07) is -1.53. The largest absolute Gasteiger partial charge is 0.305 e. The molecule has 2 aliphatic rings. The molecule has 1 aliphatic carbocycles. The van der Waals surface area contributed by atoms with Crippen molar-refractivity contribution in [2.45, 2.75) is 44.6 Å². The third-order valence-corrected chi connectivity index (χ3v) is 2.82. The van der Waals surface area contributed by atoms with Crippen LogP contribution < -0.4 is 0 Å². The molecule has 0 N–H and O–H groups in total. The SMILES string of the molecule is FC1(F)CCCN1[C]1CCCC1. The fourth-order valence-electron chi connectivity index (χ4n) is 2.19. The van der Waals surface area contributed by atoms with Crippen molar-refractivity contribution in [1.29, 1.82) is 0 Å². The minimum Gasteiger partial charge on any atom is -0.237 e. The van der Waals surface area contributed by atoms with Crippen LogP contribution in [-0.2, 0) is 0 Å². The number of nitrogens with zero attached hydrogens (tertiary/aromatic N) is 1. The molecule has 1 nitrogen and oxygen atoms in total. The minimum absolute atomic E-state index is 0.0521. The van der Waals surface area contributed by atoms with Crippen LogP contribution >= 0.6 is 0 Å². The highest BCUT2D eigenvalue weighted by molar-refractivity contribution is 4.99. The van der Waals surface area contributed by atoms with Gasteiger partial charge >= 0.3 is 6.05 Å². The maximum Gasteiger partial charge on any atom is 0.305 e. The number of rotatable bonds is 1. The molecular formula is C9H14F2N. The molecular weight excluding hydrogens is 160 g/mol. The summed E-state index contributed by atoms with van der Waals surface area (Å²) in [5.74, 6) is 0. The molecule has 0 bridgehead atoms. The monoisotopic (exact) mass is 174 g/mol. The summed E-state index contributed by atoms with van der Waals surface area (Å²) in [6.07, 6.45) is 4.70. The van der Waals surface area contributed by atoms with Gasteiger partial charge < -0.3 is 0 Å². The fraction of sp³-hybridized carbons (Fsp3) is 0.889. The van der Waals surface area contributed by atoms with Gasteiger partial charge in [-0.1, -0.05) is 12.8 Å². The highest BCUT2D eigenvalue weighted by Gasteiger charge is 2.45. The molecule has 12 heavy (non-hydrogen) atoms. The molecule has 1 heterocycles. The molecule has 1 saturated carbocycles. The summed E-state index contributed by atoms with van der Waals surface area (Å²) in [6.45, 7) is 0.572. The summed E-state index contributed by atoms with van der Waals surface area (Å²) in [4.78, 5) is 1.35. The maximum atomic E-state index is 13.2. The Morgan fingerprint density at radius 2 is 1.75 bits per heavy atom. The Morgan fingerprint density at radius 3 is 2.25 bits per heavy atom. The Hall–Kier alpha value is -0.180. The topological polar surface area (TPSA) is 3.24 Å². The number of alkyl halides is 2. The average Bonchev–Trinajstić information content (AvgIpc) is 2.55. The van der Waals surface area contributed by atoms with Crippen LogP contribution in [-0.4, -0.2) is 17.5 Å². The standard InChI is InChI=1S/C9H14F2N/c10-9(11)6-3-7-12(9)8-4-1-2-5-8/h1-7H2. The van der Waals surface area contributed by atoms with Crippen molar-refractivity contribution in [2.24, 2.45) is 0 Å². The number of likely N-dealkylation sites (tertiary alicyclic amines) is 1. The molecule has 0 unspecified atom stereocenters. The van der Waals surface area contributed by atoms with Crippen LogP contribution in [0.15, 0.2) is 0 Å². The van der Waals surface area contributed by atoms with E-state index in [0.29, 0.717) is 13.0 Å². The van der Waals surface area contributed by atoms with Gasteiger partial charge in [0.2, 0.25) is 0 Å². The highest BCUT2D eigenvalue weighted by Crippen LogP contribution is 2.42. The van der Waals surface area contributed by atoms with Crippen LogP contribution in [0.2, 0.25) is 0 Å². The first kappa shape index (κ1) is 8.42. The predicted octanol–water partition coefficient (Wildman–Crippen LogP) is 2.78. The van der Waals surface area contributed by atoms with E-state index in [0.717, 1.165) is 31.7 Å². The van der Waals surface area contributed by atoms with E-state index in [9.17, 15) is 8.78 Å². The van der Waals surface area contributed by atoms with Crippen LogP contribution in [0, 0.1) is 6.04 Å².